The Morgan fingerprint density at radius 1 is 1.00 bits per heavy atom. The van der Waals surface area contributed by atoms with Crippen molar-refractivity contribution in [2.24, 2.45) is 0 Å². The summed E-state index contributed by atoms with van der Waals surface area (Å²) < 4.78 is 10.6. The van der Waals surface area contributed by atoms with Crippen LogP contribution in [0.3, 0.4) is 0 Å². The van der Waals surface area contributed by atoms with Crippen LogP contribution >= 0.6 is 0 Å². The van der Waals surface area contributed by atoms with Crippen molar-refractivity contribution in [2.75, 3.05) is 20.8 Å². The summed E-state index contributed by atoms with van der Waals surface area (Å²) in [6, 6.07) is 14.7. The molecule has 0 N–H and O–H groups in total. The molecule has 22 heavy (non-hydrogen) atoms. The molecule has 0 fully saturated rings. The maximum atomic E-state index is 5.36. The van der Waals surface area contributed by atoms with Crippen LogP contribution in [-0.2, 0) is 13.0 Å². The van der Waals surface area contributed by atoms with Gasteiger partial charge in [-0.25, -0.2) is 0 Å². The van der Waals surface area contributed by atoms with Crippen molar-refractivity contribution in [3.05, 3.63) is 65.4 Å². The molecule has 1 aliphatic heterocycles. The monoisotopic (exact) mass is 295 g/mol. The minimum absolute atomic E-state index is 0.776. The van der Waals surface area contributed by atoms with E-state index in [-0.39, 0.29) is 0 Å². The molecule has 1 aliphatic rings. The van der Waals surface area contributed by atoms with Crippen molar-refractivity contribution in [2.45, 2.75) is 13.0 Å². The highest BCUT2D eigenvalue weighted by atomic mass is 16.5. The molecule has 1 heterocycles. The van der Waals surface area contributed by atoms with Crippen LogP contribution in [0, 0.1) is 0 Å². The molecule has 3 heteroatoms. The SMILES string of the molecule is COc1ccc(CCN2C=Cc3ccccc3C2)cc1OC. The van der Waals surface area contributed by atoms with Crippen LogP contribution in [-0.4, -0.2) is 25.7 Å². The Morgan fingerprint density at radius 3 is 2.64 bits per heavy atom. The molecule has 0 atom stereocenters. The highest BCUT2D eigenvalue weighted by molar-refractivity contribution is 5.55. The van der Waals surface area contributed by atoms with Crippen molar-refractivity contribution in [1.82, 2.24) is 4.90 Å². The Labute approximate surface area is 131 Å². The molecule has 0 unspecified atom stereocenters. The topological polar surface area (TPSA) is 21.7 Å². The third-order valence-electron chi connectivity index (χ3n) is 4.03. The summed E-state index contributed by atoms with van der Waals surface area (Å²) in [6.45, 7) is 1.96. The molecule has 114 valence electrons. The first-order chi connectivity index (χ1) is 10.8. The second kappa shape index (κ2) is 6.56. The molecular formula is C19H21NO2. The second-order valence-corrected chi connectivity index (χ2v) is 5.42. The van der Waals surface area contributed by atoms with Gasteiger partial charge in [0.25, 0.3) is 0 Å². The zero-order valence-electron chi connectivity index (χ0n) is 13.1. The predicted molar refractivity (Wildman–Crippen MR) is 89.1 cm³/mol. The van der Waals surface area contributed by atoms with Gasteiger partial charge in [-0.2, -0.15) is 0 Å². The number of fused-ring (bicyclic) bond motifs is 1. The van der Waals surface area contributed by atoms with E-state index in [1.807, 2.05) is 6.07 Å². The van der Waals surface area contributed by atoms with Gasteiger partial charge < -0.3 is 14.4 Å². The van der Waals surface area contributed by atoms with Crippen LogP contribution in [0.2, 0.25) is 0 Å². The maximum Gasteiger partial charge on any atom is 0.160 e. The van der Waals surface area contributed by atoms with Gasteiger partial charge in [-0.15, -0.1) is 0 Å². The normalized spacial score (nSPS) is 12.9. The number of rotatable bonds is 5. The van der Waals surface area contributed by atoms with Gasteiger partial charge in [-0.05, 0) is 47.5 Å². The van der Waals surface area contributed by atoms with Gasteiger partial charge >= 0.3 is 0 Å². The molecule has 2 aromatic carbocycles. The molecular weight excluding hydrogens is 274 g/mol. The van der Waals surface area contributed by atoms with Crippen LogP contribution < -0.4 is 9.47 Å². The van der Waals surface area contributed by atoms with E-state index in [2.05, 4.69) is 53.6 Å². The fourth-order valence-electron chi connectivity index (χ4n) is 2.76. The summed E-state index contributed by atoms with van der Waals surface area (Å²) in [4.78, 5) is 2.35. The Bertz CT molecular complexity index is 679. The molecule has 0 aromatic heterocycles. The van der Waals surface area contributed by atoms with E-state index in [1.54, 1.807) is 14.2 Å². The van der Waals surface area contributed by atoms with Gasteiger partial charge in [0.05, 0.1) is 14.2 Å². The van der Waals surface area contributed by atoms with Crippen LogP contribution in [0.5, 0.6) is 11.5 Å². The zero-order chi connectivity index (χ0) is 15.4. The first kappa shape index (κ1) is 14.5. The minimum atomic E-state index is 0.776. The smallest absolute Gasteiger partial charge is 0.160 e. The average Bonchev–Trinajstić information content (AvgIpc) is 2.59. The summed E-state index contributed by atoms with van der Waals surface area (Å²) in [5.41, 5.74) is 3.96. The van der Waals surface area contributed by atoms with Gasteiger partial charge in [0, 0.05) is 13.1 Å². The van der Waals surface area contributed by atoms with Crippen molar-refractivity contribution in [1.29, 1.82) is 0 Å². The Morgan fingerprint density at radius 2 is 1.82 bits per heavy atom. The predicted octanol–water partition coefficient (Wildman–Crippen LogP) is 3.73. The van der Waals surface area contributed by atoms with E-state index in [0.29, 0.717) is 0 Å². The van der Waals surface area contributed by atoms with Crippen LogP contribution in [0.4, 0.5) is 0 Å². The minimum Gasteiger partial charge on any atom is -0.493 e. The third-order valence-corrected chi connectivity index (χ3v) is 4.03. The van der Waals surface area contributed by atoms with Gasteiger partial charge in [0.1, 0.15) is 0 Å². The van der Waals surface area contributed by atoms with Gasteiger partial charge in [-0.3, -0.25) is 0 Å². The number of benzene rings is 2. The first-order valence-corrected chi connectivity index (χ1v) is 7.51. The fraction of sp³-hybridized carbons (Fsp3) is 0.263. The van der Waals surface area contributed by atoms with Crippen molar-refractivity contribution in [3.8, 4) is 11.5 Å². The average molecular weight is 295 g/mol. The largest absolute Gasteiger partial charge is 0.493 e. The summed E-state index contributed by atoms with van der Waals surface area (Å²) in [7, 11) is 3.33. The standard InChI is InChI=1S/C19H21NO2/c1-21-18-8-7-15(13-19(18)22-2)9-11-20-12-10-16-5-3-4-6-17(16)14-20/h3-8,10,12-13H,9,11,14H2,1-2H3. The molecule has 3 rings (SSSR count). The fourth-order valence-corrected chi connectivity index (χ4v) is 2.76. The molecule has 0 spiro atoms. The molecule has 2 aromatic rings. The van der Waals surface area contributed by atoms with Crippen molar-refractivity contribution in [3.63, 3.8) is 0 Å². The lowest BCUT2D eigenvalue weighted by Gasteiger charge is -2.25. The Kier molecular flexibility index (Phi) is 4.33. The van der Waals surface area contributed by atoms with Gasteiger partial charge in [-0.1, -0.05) is 30.3 Å². The second-order valence-electron chi connectivity index (χ2n) is 5.42. The van der Waals surface area contributed by atoms with E-state index in [0.717, 1.165) is 31.0 Å². The number of hydrogen-bond acceptors (Lipinski definition) is 3. The maximum absolute atomic E-state index is 5.36. The van der Waals surface area contributed by atoms with Crippen LogP contribution in [0.15, 0.2) is 48.7 Å². The Hall–Kier alpha value is -2.42. The van der Waals surface area contributed by atoms with Crippen molar-refractivity contribution < 1.29 is 9.47 Å². The lowest BCUT2D eigenvalue weighted by Crippen LogP contribution is -2.22. The number of hydrogen-bond donors (Lipinski definition) is 0. The van der Waals surface area contributed by atoms with Gasteiger partial charge in [0.2, 0.25) is 0 Å². The van der Waals surface area contributed by atoms with E-state index in [4.69, 9.17) is 9.47 Å². The van der Waals surface area contributed by atoms with E-state index >= 15 is 0 Å². The summed E-state index contributed by atoms with van der Waals surface area (Å²) in [6.07, 6.45) is 5.35. The number of methoxy groups -OCH3 is 2. The highest BCUT2D eigenvalue weighted by Crippen LogP contribution is 2.28. The molecule has 0 amide bonds. The molecule has 0 radical (unpaired) electrons. The van der Waals surface area contributed by atoms with E-state index in [1.165, 1.54) is 16.7 Å². The molecule has 0 saturated heterocycles. The van der Waals surface area contributed by atoms with Gasteiger partial charge in [0.15, 0.2) is 11.5 Å². The van der Waals surface area contributed by atoms with E-state index in [9.17, 15) is 0 Å². The molecule has 3 nitrogen and oxygen atoms in total. The summed E-state index contributed by atoms with van der Waals surface area (Å²) in [5, 5.41) is 0. The highest BCUT2D eigenvalue weighted by Gasteiger charge is 2.10. The lowest BCUT2D eigenvalue weighted by atomic mass is 10.0. The van der Waals surface area contributed by atoms with Crippen LogP contribution in [0.1, 0.15) is 16.7 Å². The zero-order valence-corrected chi connectivity index (χ0v) is 13.1. The lowest BCUT2D eigenvalue weighted by molar-refractivity contribution is 0.352. The quantitative estimate of drug-likeness (QED) is 0.839. The summed E-state index contributed by atoms with van der Waals surface area (Å²) in [5.74, 6) is 1.57. The van der Waals surface area contributed by atoms with Crippen LogP contribution in [0.25, 0.3) is 6.08 Å². The summed E-state index contributed by atoms with van der Waals surface area (Å²) >= 11 is 0. The molecule has 0 bridgehead atoms. The molecule has 0 aliphatic carbocycles. The first-order valence-electron chi connectivity index (χ1n) is 7.51. The van der Waals surface area contributed by atoms with E-state index < -0.39 is 0 Å². The molecule has 0 saturated carbocycles. The number of nitrogens with zero attached hydrogens (tertiary/aromatic N) is 1. The Balaban J connectivity index is 1.64. The third kappa shape index (κ3) is 3.08. The van der Waals surface area contributed by atoms with Crippen molar-refractivity contribution >= 4 is 6.08 Å². The number of ether oxygens (including phenoxy) is 2.